The van der Waals surface area contributed by atoms with Crippen LogP contribution in [-0.4, -0.2) is 32.9 Å². The Morgan fingerprint density at radius 3 is 2.64 bits per heavy atom. The molecule has 0 aliphatic carbocycles. The van der Waals surface area contributed by atoms with Gasteiger partial charge in [-0.05, 0) is 19.8 Å². The summed E-state index contributed by atoms with van der Waals surface area (Å²) in [7, 11) is 0. The van der Waals surface area contributed by atoms with Gasteiger partial charge in [0.2, 0.25) is 5.91 Å². The van der Waals surface area contributed by atoms with Gasteiger partial charge < -0.3 is 4.90 Å². The van der Waals surface area contributed by atoms with E-state index in [9.17, 15) is 19.7 Å². The molecule has 0 aromatic carbocycles. The van der Waals surface area contributed by atoms with E-state index in [1.54, 1.807) is 4.90 Å². The molecule has 1 aromatic heterocycles. The van der Waals surface area contributed by atoms with Gasteiger partial charge in [-0.2, -0.15) is 0 Å². The van der Waals surface area contributed by atoms with Gasteiger partial charge in [-0.1, -0.05) is 20.3 Å². The lowest BCUT2D eigenvalue weighted by atomic mass is 10.2. The maximum Gasteiger partial charge on any atom is 0.285 e. The Balaban J connectivity index is 2.95. The number of nitro groups is 1. The predicted octanol–water partition coefficient (Wildman–Crippen LogP) is 2.18. The average molecular weight is 309 g/mol. The third kappa shape index (κ3) is 4.68. The minimum Gasteiger partial charge on any atom is -0.338 e. The van der Waals surface area contributed by atoms with Crippen LogP contribution in [0.5, 0.6) is 0 Å². The topological polar surface area (TPSA) is 85.4 Å². The van der Waals surface area contributed by atoms with E-state index in [1.165, 1.54) is 0 Å². The summed E-state index contributed by atoms with van der Waals surface area (Å²) in [5, 5.41) is 10.8. The van der Waals surface area contributed by atoms with E-state index < -0.39 is 10.5 Å². The van der Waals surface area contributed by atoms with Crippen molar-refractivity contribution in [2.75, 3.05) is 6.54 Å². The van der Waals surface area contributed by atoms with Crippen LogP contribution in [0.3, 0.4) is 0 Å². The molecule has 0 aliphatic rings. The number of unbranched alkanes of at least 4 members (excludes halogenated alkanes) is 1. The van der Waals surface area contributed by atoms with Crippen LogP contribution in [0.1, 0.15) is 40.0 Å². The normalized spacial score (nSPS) is 12.0. The predicted molar refractivity (Wildman–Crippen MR) is 83.7 cm³/mol. The molecule has 1 heterocycles. The fourth-order valence-electron chi connectivity index (χ4n) is 2.13. The molecule has 0 fully saturated rings. The number of hydrogen-bond acceptors (Lipinski definition) is 4. The van der Waals surface area contributed by atoms with Gasteiger partial charge in [-0.3, -0.25) is 24.3 Å². The molecule has 0 saturated carbocycles. The van der Waals surface area contributed by atoms with Crippen LogP contribution in [0.15, 0.2) is 23.1 Å². The van der Waals surface area contributed by atoms with E-state index in [1.807, 2.05) is 20.8 Å². The zero-order chi connectivity index (χ0) is 16.7. The lowest BCUT2D eigenvalue weighted by molar-refractivity contribution is -0.385. The molecule has 0 N–H and O–H groups in total. The minimum absolute atomic E-state index is 0.0773. The average Bonchev–Trinajstić information content (AvgIpc) is 2.49. The maximum atomic E-state index is 12.4. The summed E-state index contributed by atoms with van der Waals surface area (Å²) >= 11 is 0. The molecule has 1 unspecified atom stereocenters. The second-order valence-electron chi connectivity index (χ2n) is 5.31. The zero-order valence-electron chi connectivity index (χ0n) is 13.3. The van der Waals surface area contributed by atoms with Crippen LogP contribution in [0, 0.1) is 10.1 Å². The van der Waals surface area contributed by atoms with Crippen LogP contribution >= 0.6 is 0 Å². The van der Waals surface area contributed by atoms with Gasteiger partial charge in [0.1, 0.15) is 6.54 Å². The first-order valence-electron chi connectivity index (χ1n) is 7.55. The number of pyridine rings is 1. The Kier molecular flexibility index (Phi) is 6.75. The standard InChI is InChI=1S/C15H23N3O4/c1-4-6-9-17(12(3)5-2)15(20)11-16-10-13(18(21)22)7-8-14(16)19/h7-8,10,12H,4-6,9,11H2,1-3H3. The van der Waals surface area contributed by atoms with Gasteiger partial charge in [0, 0.05) is 24.7 Å². The quantitative estimate of drug-likeness (QED) is 0.544. The lowest BCUT2D eigenvalue weighted by Crippen LogP contribution is -2.42. The third-order valence-corrected chi connectivity index (χ3v) is 3.68. The summed E-state index contributed by atoms with van der Waals surface area (Å²) in [5.41, 5.74) is -0.616. The molecule has 1 rings (SSSR count). The van der Waals surface area contributed by atoms with Crippen LogP contribution in [0.2, 0.25) is 0 Å². The van der Waals surface area contributed by atoms with Gasteiger partial charge in [0.05, 0.1) is 11.1 Å². The summed E-state index contributed by atoms with van der Waals surface area (Å²) in [4.78, 5) is 36.2. The van der Waals surface area contributed by atoms with Crippen molar-refractivity contribution in [3.63, 3.8) is 0 Å². The monoisotopic (exact) mass is 309 g/mol. The van der Waals surface area contributed by atoms with Crippen molar-refractivity contribution in [3.05, 3.63) is 38.8 Å². The number of amides is 1. The van der Waals surface area contributed by atoms with E-state index in [-0.39, 0.29) is 24.2 Å². The van der Waals surface area contributed by atoms with Crippen molar-refractivity contribution >= 4 is 11.6 Å². The van der Waals surface area contributed by atoms with Gasteiger partial charge in [0.25, 0.3) is 11.2 Å². The number of aromatic nitrogens is 1. The number of hydrogen-bond donors (Lipinski definition) is 0. The number of nitrogens with zero attached hydrogens (tertiary/aromatic N) is 3. The van der Waals surface area contributed by atoms with Gasteiger partial charge in [-0.15, -0.1) is 0 Å². The fourth-order valence-corrected chi connectivity index (χ4v) is 2.13. The Morgan fingerprint density at radius 2 is 2.09 bits per heavy atom. The minimum atomic E-state index is -0.579. The molecule has 1 amide bonds. The lowest BCUT2D eigenvalue weighted by Gasteiger charge is -2.28. The van der Waals surface area contributed by atoms with Crippen molar-refractivity contribution in [3.8, 4) is 0 Å². The molecule has 7 nitrogen and oxygen atoms in total. The van der Waals surface area contributed by atoms with Crippen LogP contribution in [-0.2, 0) is 11.3 Å². The zero-order valence-corrected chi connectivity index (χ0v) is 13.3. The molecule has 1 aromatic rings. The highest BCUT2D eigenvalue weighted by Crippen LogP contribution is 2.09. The smallest absolute Gasteiger partial charge is 0.285 e. The molecule has 22 heavy (non-hydrogen) atoms. The Hall–Kier alpha value is -2.18. The number of carbonyl (C=O) groups excluding carboxylic acids is 1. The molecule has 0 aliphatic heterocycles. The second-order valence-corrected chi connectivity index (χ2v) is 5.31. The Labute approximate surface area is 129 Å². The first-order valence-corrected chi connectivity index (χ1v) is 7.55. The van der Waals surface area contributed by atoms with E-state index in [2.05, 4.69) is 0 Å². The summed E-state index contributed by atoms with van der Waals surface area (Å²) in [6.45, 7) is 6.47. The van der Waals surface area contributed by atoms with E-state index in [4.69, 9.17) is 0 Å². The maximum absolute atomic E-state index is 12.4. The Bertz CT molecular complexity index is 582. The highest BCUT2D eigenvalue weighted by molar-refractivity contribution is 5.76. The first-order chi connectivity index (χ1) is 10.4. The molecule has 122 valence electrons. The molecule has 7 heteroatoms. The number of carbonyl (C=O) groups is 1. The second kappa shape index (κ2) is 8.31. The van der Waals surface area contributed by atoms with Crippen molar-refractivity contribution in [1.29, 1.82) is 0 Å². The van der Waals surface area contributed by atoms with E-state index in [0.29, 0.717) is 6.54 Å². The van der Waals surface area contributed by atoms with E-state index >= 15 is 0 Å². The molecule has 0 bridgehead atoms. The highest BCUT2D eigenvalue weighted by atomic mass is 16.6. The summed E-state index contributed by atoms with van der Waals surface area (Å²) < 4.78 is 1.10. The summed E-state index contributed by atoms with van der Waals surface area (Å²) in [6.07, 6.45) is 3.80. The molecule has 0 radical (unpaired) electrons. The van der Waals surface area contributed by atoms with Gasteiger partial charge in [-0.25, -0.2) is 0 Å². The van der Waals surface area contributed by atoms with Crippen molar-refractivity contribution < 1.29 is 9.72 Å². The fraction of sp³-hybridized carbons (Fsp3) is 0.600. The van der Waals surface area contributed by atoms with Crippen molar-refractivity contribution in [2.24, 2.45) is 0 Å². The van der Waals surface area contributed by atoms with Crippen LogP contribution in [0.25, 0.3) is 0 Å². The van der Waals surface area contributed by atoms with Crippen LogP contribution in [0.4, 0.5) is 5.69 Å². The number of rotatable bonds is 8. The summed E-state index contributed by atoms with van der Waals surface area (Å²) in [6, 6.07) is 2.34. The third-order valence-electron chi connectivity index (χ3n) is 3.68. The highest BCUT2D eigenvalue weighted by Gasteiger charge is 2.19. The van der Waals surface area contributed by atoms with Crippen molar-refractivity contribution in [2.45, 2.75) is 52.6 Å². The van der Waals surface area contributed by atoms with E-state index in [0.717, 1.165) is 42.2 Å². The molecule has 0 spiro atoms. The van der Waals surface area contributed by atoms with Crippen LogP contribution < -0.4 is 5.56 Å². The Morgan fingerprint density at radius 1 is 1.41 bits per heavy atom. The molecule has 1 atom stereocenters. The molecule has 0 saturated heterocycles. The van der Waals surface area contributed by atoms with Gasteiger partial charge >= 0.3 is 0 Å². The first kappa shape index (κ1) is 17.9. The van der Waals surface area contributed by atoms with Crippen molar-refractivity contribution in [1.82, 2.24) is 9.47 Å². The summed E-state index contributed by atoms with van der Waals surface area (Å²) in [5.74, 6) is -0.189. The molecular weight excluding hydrogens is 286 g/mol. The molecular formula is C15H23N3O4. The van der Waals surface area contributed by atoms with Gasteiger partial charge in [0.15, 0.2) is 0 Å². The largest absolute Gasteiger partial charge is 0.338 e. The SMILES string of the molecule is CCCCN(C(=O)Cn1cc([N+](=O)[O-])ccc1=O)C(C)CC.